The van der Waals surface area contributed by atoms with Gasteiger partial charge in [0.15, 0.2) is 5.25 Å². The van der Waals surface area contributed by atoms with E-state index in [0.717, 1.165) is 6.42 Å². The van der Waals surface area contributed by atoms with E-state index in [-0.39, 0.29) is 13.0 Å². The van der Waals surface area contributed by atoms with Gasteiger partial charge in [-0.1, -0.05) is 20.3 Å². The normalized spacial score (nSPS) is 15.6. The number of aliphatic hydroxyl groups excluding tert-OH is 1. The Morgan fingerprint density at radius 1 is 1.47 bits per heavy atom. The van der Waals surface area contributed by atoms with Gasteiger partial charge in [-0.3, -0.25) is 0 Å². The second-order valence-electron chi connectivity index (χ2n) is 3.36. The molecule has 0 saturated heterocycles. The second kappa shape index (κ2) is 6.77. The van der Waals surface area contributed by atoms with Crippen LogP contribution in [0.4, 0.5) is 0 Å². The number of hydrogen-bond donors (Lipinski definition) is 2. The van der Waals surface area contributed by atoms with E-state index in [9.17, 15) is 13.5 Å². The number of nitriles is 1. The third kappa shape index (κ3) is 5.11. The first-order chi connectivity index (χ1) is 6.97. The van der Waals surface area contributed by atoms with Crippen LogP contribution in [0.5, 0.6) is 0 Å². The molecular weight excluding hydrogens is 216 g/mol. The number of hydrogen-bond acceptors (Lipinski definition) is 4. The highest BCUT2D eigenvalue weighted by Crippen LogP contribution is 2.03. The number of nitrogens with one attached hydrogen (secondary N) is 1. The molecule has 5 nitrogen and oxygen atoms in total. The van der Waals surface area contributed by atoms with E-state index in [1.165, 1.54) is 0 Å². The molecule has 0 spiro atoms. The molecule has 6 heteroatoms. The molecule has 0 heterocycles. The number of aliphatic hydroxyl groups is 1. The molecule has 2 unspecified atom stereocenters. The zero-order valence-corrected chi connectivity index (χ0v) is 9.92. The number of rotatable bonds is 7. The van der Waals surface area contributed by atoms with Crippen LogP contribution < -0.4 is 4.72 Å². The van der Waals surface area contributed by atoms with Crippen LogP contribution in [0.2, 0.25) is 0 Å². The third-order valence-electron chi connectivity index (χ3n) is 2.03. The van der Waals surface area contributed by atoms with Crippen LogP contribution >= 0.6 is 0 Å². The highest BCUT2D eigenvalue weighted by Gasteiger charge is 2.23. The van der Waals surface area contributed by atoms with Gasteiger partial charge in [-0.15, -0.1) is 0 Å². The maximum absolute atomic E-state index is 11.5. The smallest absolute Gasteiger partial charge is 0.228 e. The Labute approximate surface area is 91.2 Å². The van der Waals surface area contributed by atoms with Gasteiger partial charge >= 0.3 is 0 Å². The molecule has 0 amide bonds. The standard InChI is InChI=1S/C9H18N2O3S/c1-3-5-8(12)7-11-15(13,14)9(4-2)6-10/h8-9,11-12H,3-5,7H2,1-2H3. The summed E-state index contributed by atoms with van der Waals surface area (Å²) in [4.78, 5) is 0. The van der Waals surface area contributed by atoms with Crippen LogP contribution in [-0.4, -0.2) is 31.4 Å². The zero-order chi connectivity index (χ0) is 11.9. The number of sulfonamides is 1. The van der Waals surface area contributed by atoms with Crippen molar-refractivity contribution in [2.24, 2.45) is 0 Å². The van der Waals surface area contributed by atoms with Crippen LogP contribution in [0.3, 0.4) is 0 Å². The summed E-state index contributed by atoms with van der Waals surface area (Å²) in [5.74, 6) is 0. The Bertz CT molecular complexity index is 308. The summed E-state index contributed by atoms with van der Waals surface area (Å²) in [6.45, 7) is 3.52. The van der Waals surface area contributed by atoms with Gasteiger partial charge in [0.2, 0.25) is 10.0 Å². The molecular formula is C9H18N2O3S. The lowest BCUT2D eigenvalue weighted by atomic mass is 10.2. The van der Waals surface area contributed by atoms with E-state index < -0.39 is 21.4 Å². The summed E-state index contributed by atoms with van der Waals surface area (Å²) in [6.07, 6.45) is 0.904. The van der Waals surface area contributed by atoms with Gasteiger partial charge in [-0.25, -0.2) is 13.1 Å². The molecule has 2 atom stereocenters. The van der Waals surface area contributed by atoms with Gasteiger partial charge in [0.1, 0.15) is 0 Å². The molecule has 0 aliphatic rings. The number of nitrogens with zero attached hydrogens (tertiary/aromatic N) is 1. The molecule has 0 aromatic rings. The predicted molar refractivity (Wildman–Crippen MR) is 57.5 cm³/mol. The summed E-state index contributed by atoms with van der Waals surface area (Å²) in [7, 11) is -3.61. The average molecular weight is 234 g/mol. The SMILES string of the molecule is CCCC(O)CNS(=O)(=O)C(C#N)CC. The van der Waals surface area contributed by atoms with E-state index >= 15 is 0 Å². The van der Waals surface area contributed by atoms with Crippen molar-refractivity contribution in [3.05, 3.63) is 0 Å². The molecule has 88 valence electrons. The third-order valence-corrected chi connectivity index (χ3v) is 3.79. The molecule has 2 N–H and O–H groups in total. The maximum atomic E-state index is 11.5. The molecule has 0 aliphatic heterocycles. The van der Waals surface area contributed by atoms with Crippen molar-refractivity contribution < 1.29 is 13.5 Å². The summed E-state index contributed by atoms with van der Waals surface area (Å²) < 4.78 is 25.2. The first-order valence-corrected chi connectivity index (χ1v) is 6.58. The van der Waals surface area contributed by atoms with E-state index in [4.69, 9.17) is 5.26 Å². The quantitative estimate of drug-likeness (QED) is 0.666. The Balaban J connectivity index is 4.22. The molecule has 15 heavy (non-hydrogen) atoms. The Kier molecular flexibility index (Phi) is 6.48. The highest BCUT2D eigenvalue weighted by atomic mass is 32.2. The van der Waals surface area contributed by atoms with Crippen LogP contribution in [0, 0.1) is 11.3 Å². The lowest BCUT2D eigenvalue weighted by molar-refractivity contribution is 0.167. The first kappa shape index (κ1) is 14.4. The minimum Gasteiger partial charge on any atom is -0.392 e. The monoisotopic (exact) mass is 234 g/mol. The zero-order valence-electron chi connectivity index (χ0n) is 9.10. The van der Waals surface area contributed by atoms with Gasteiger partial charge in [0.25, 0.3) is 0 Å². The van der Waals surface area contributed by atoms with Crippen molar-refractivity contribution in [2.45, 2.75) is 44.5 Å². The molecule has 0 bridgehead atoms. The Hall–Kier alpha value is -0.640. The van der Waals surface area contributed by atoms with Gasteiger partial charge in [0.05, 0.1) is 12.2 Å². The van der Waals surface area contributed by atoms with E-state index in [0.29, 0.717) is 6.42 Å². The summed E-state index contributed by atoms with van der Waals surface area (Å²) in [6, 6.07) is 1.72. The fourth-order valence-corrected chi connectivity index (χ4v) is 2.33. The van der Waals surface area contributed by atoms with Gasteiger partial charge in [-0.05, 0) is 12.8 Å². The van der Waals surface area contributed by atoms with Crippen LogP contribution in [-0.2, 0) is 10.0 Å². The van der Waals surface area contributed by atoms with Crippen molar-refractivity contribution in [3.8, 4) is 6.07 Å². The van der Waals surface area contributed by atoms with Crippen molar-refractivity contribution in [2.75, 3.05) is 6.54 Å². The van der Waals surface area contributed by atoms with Crippen molar-refractivity contribution in [1.29, 1.82) is 5.26 Å². The first-order valence-electron chi connectivity index (χ1n) is 5.04. The minimum absolute atomic E-state index is 0.0195. The molecule has 0 rings (SSSR count). The predicted octanol–water partition coefficient (Wildman–Crippen LogP) is 0.369. The maximum Gasteiger partial charge on any atom is 0.228 e. The fourth-order valence-electron chi connectivity index (χ4n) is 1.13. The summed E-state index contributed by atoms with van der Waals surface area (Å²) >= 11 is 0. The van der Waals surface area contributed by atoms with Crippen LogP contribution in [0.15, 0.2) is 0 Å². The molecule has 0 aliphatic carbocycles. The Morgan fingerprint density at radius 2 is 2.07 bits per heavy atom. The molecule has 0 fully saturated rings. The molecule has 0 saturated carbocycles. The van der Waals surface area contributed by atoms with Crippen LogP contribution in [0.1, 0.15) is 33.1 Å². The van der Waals surface area contributed by atoms with Crippen molar-refractivity contribution >= 4 is 10.0 Å². The van der Waals surface area contributed by atoms with Crippen molar-refractivity contribution in [3.63, 3.8) is 0 Å². The van der Waals surface area contributed by atoms with Crippen molar-refractivity contribution in [1.82, 2.24) is 4.72 Å². The average Bonchev–Trinajstić information content (AvgIpc) is 2.17. The van der Waals surface area contributed by atoms with E-state index in [1.54, 1.807) is 13.0 Å². The minimum atomic E-state index is -3.61. The molecule has 0 radical (unpaired) electrons. The van der Waals surface area contributed by atoms with Gasteiger partial charge < -0.3 is 5.11 Å². The Morgan fingerprint density at radius 3 is 2.47 bits per heavy atom. The lowest BCUT2D eigenvalue weighted by Crippen LogP contribution is -2.37. The second-order valence-corrected chi connectivity index (χ2v) is 5.31. The topological polar surface area (TPSA) is 90.2 Å². The summed E-state index contributed by atoms with van der Waals surface area (Å²) in [5, 5.41) is 16.9. The lowest BCUT2D eigenvalue weighted by Gasteiger charge is -2.13. The van der Waals surface area contributed by atoms with Gasteiger partial charge in [0, 0.05) is 6.54 Å². The summed E-state index contributed by atoms with van der Waals surface area (Å²) in [5.41, 5.74) is 0. The van der Waals surface area contributed by atoms with Gasteiger partial charge in [-0.2, -0.15) is 5.26 Å². The fraction of sp³-hybridized carbons (Fsp3) is 0.889. The van der Waals surface area contributed by atoms with E-state index in [2.05, 4.69) is 4.72 Å². The largest absolute Gasteiger partial charge is 0.392 e. The molecule has 0 aromatic carbocycles. The van der Waals surface area contributed by atoms with E-state index in [1.807, 2.05) is 6.92 Å². The highest BCUT2D eigenvalue weighted by molar-refractivity contribution is 7.90. The molecule has 0 aromatic heterocycles. The van der Waals surface area contributed by atoms with Crippen LogP contribution in [0.25, 0.3) is 0 Å².